The van der Waals surface area contributed by atoms with Gasteiger partial charge in [-0.15, -0.1) is 0 Å². The SMILES string of the molecule is CCC(NCCC1CC1)c1ccc(OC)c(OC)c1. The molecule has 1 N–H and O–H groups in total. The second kappa shape index (κ2) is 6.80. The molecular weight excluding hydrogens is 238 g/mol. The van der Waals surface area contributed by atoms with Crippen LogP contribution in [0, 0.1) is 5.92 Å². The lowest BCUT2D eigenvalue weighted by Crippen LogP contribution is -2.22. The van der Waals surface area contributed by atoms with E-state index in [9.17, 15) is 0 Å². The number of nitrogens with one attached hydrogen (secondary N) is 1. The van der Waals surface area contributed by atoms with E-state index >= 15 is 0 Å². The third kappa shape index (κ3) is 3.87. The Bertz CT molecular complexity index is 402. The van der Waals surface area contributed by atoms with Gasteiger partial charge in [0, 0.05) is 6.04 Å². The van der Waals surface area contributed by atoms with Crippen LogP contribution < -0.4 is 14.8 Å². The fourth-order valence-corrected chi connectivity index (χ4v) is 2.44. The number of benzene rings is 1. The van der Waals surface area contributed by atoms with Crippen LogP contribution in [0.1, 0.15) is 44.2 Å². The Morgan fingerprint density at radius 1 is 1.21 bits per heavy atom. The maximum Gasteiger partial charge on any atom is 0.161 e. The minimum atomic E-state index is 0.401. The van der Waals surface area contributed by atoms with Crippen LogP contribution in [0.25, 0.3) is 0 Å². The fraction of sp³-hybridized carbons (Fsp3) is 0.625. The van der Waals surface area contributed by atoms with E-state index < -0.39 is 0 Å². The van der Waals surface area contributed by atoms with E-state index in [1.807, 2.05) is 6.07 Å². The zero-order valence-corrected chi connectivity index (χ0v) is 12.2. The summed E-state index contributed by atoms with van der Waals surface area (Å²) in [5.41, 5.74) is 1.27. The Labute approximate surface area is 116 Å². The third-order valence-corrected chi connectivity index (χ3v) is 3.86. The van der Waals surface area contributed by atoms with Gasteiger partial charge in [0.05, 0.1) is 14.2 Å². The molecule has 1 aliphatic rings. The molecule has 0 spiro atoms. The van der Waals surface area contributed by atoms with Crippen molar-refractivity contribution in [1.29, 1.82) is 0 Å². The van der Waals surface area contributed by atoms with E-state index in [2.05, 4.69) is 24.4 Å². The van der Waals surface area contributed by atoms with E-state index in [4.69, 9.17) is 9.47 Å². The van der Waals surface area contributed by atoms with Crippen molar-refractivity contribution in [2.75, 3.05) is 20.8 Å². The molecule has 1 atom stereocenters. The molecule has 1 aromatic rings. The summed E-state index contributed by atoms with van der Waals surface area (Å²) in [5.74, 6) is 2.58. The quantitative estimate of drug-likeness (QED) is 0.778. The molecule has 1 aromatic carbocycles. The Balaban J connectivity index is 1.99. The number of methoxy groups -OCH3 is 2. The number of hydrogen-bond donors (Lipinski definition) is 1. The van der Waals surface area contributed by atoms with Crippen molar-refractivity contribution in [3.63, 3.8) is 0 Å². The smallest absolute Gasteiger partial charge is 0.161 e. The van der Waals surface area contributed by atoms with Crippen molar-refractivity contribution in [3.05, 3.63) is 23.8 Å². The van der Waals surface area contributed by atoms with E-state index in [0.29, 0.717) is 6.04 Å². The average molecular weight is 263 g/mol. The van der Waals surface area contributed by atoms with Gasteiger partial charge >= 0.3 is 0 Å². The Morgan fingerprint density at radius 3 is 2.53 bits per heavy atom. The minimum Gasteiger partial charge on any atom is -0.493 e. The molecule has 1 fully saturated rings. The molecule has 2 rings (SSSR count). The molecule has 1 saturated carbocycles. The molecule has 0 radical (unpaired) electrons. The fourth-order valence-electron chi connectivity index (χ4n) is 2.44. The highest BCUT2D eigenvalue weighted by Crippen LogP contribution is 2.33. The first-order valence-corrected chi connectivity index (χ1v) is 7.23. The maximum absolute atomic E-state index is 5.37. The van der Waals surface area contributed by atoms with Crippen LogP contribution in [0.15, 0.2) is 18.2 Å². The Kier molecular flexibility index (Phi) is 5.08. The molecule has 0 aliphatic heterocycles. The summed E-state index contributed by atoms with van der Waals surface area (Å²) in [6.45, 7) is 3.32. The highest BCUT2D eigenvalue weighted by atomic mass is 16.5. The molecule has 0 amide bonds. The van der Waals surface area contributed by atoms with Gasteiger partial charge in [0.2, 0.25) is 0 Å². The minimum absolute atomic E-state index is 0.401. The zero-order chi connectivity index (χ0) is 13.7. The van der Waals surface area contributed by atoms with E-state index in [1.165, 1.54) is 24.8 Å². The highest BCUT2D eigenvalue weighted by Gasteiger charge is 2.21. The summed E-state index contributed by atoms with van der Waals surface area (Å²) >= 11 is 0. The molecule has 0 aromatic heterocycles. The van der Waals surface area contributed by atoms with Gasteiger partial charge in [0.1, 0.15) is 0 Å². The molecule has 0 saturated heterocycles. The number of rotatable bonds is 8. The lowest BCUT2D eigenvalue weighted by molar-refractivity contribution is 0.353. The lowest BCUT2D eigenvalue weighted by atomic mass is 10.0. The van der Waals surface area contributed by atoms with Gasteiger partial charge in [0.25, 0.3) is 0 Å². The van der Waals surface area contributed by atoms with Crippen molar-refractivity contribution in [2.45, 2.75) is 38.6 Å². The van der Waals surface area contributed by atoms with Gasteiger partial charge in [-0.1, -0.05) is 25.8 Å². The first-order valence-electron chi connectivity index (χ1n) is 7.23. The van der Waals surface area contributed by atoms with Gasteiger partial charge in [0.15, 0.2) is 11.5 Å². The number of ether oxygens (including phenoxy) is 2. The van der Waals surface area contributed by atoms with Crippen LogP contribution in [0.3, 0.4) is 0 Å². The summed E-state index contributed by atoms with van der Waals surface area (Å²) in [6.07, 6.45) is 5.24. The van der Waals surface area contributed by atoms with E-state index in [1.54, 1.807) is 14.2 Å². The van der Waals surface area contributed by atoms with Gasteiger partial charge in [-0.05, 0) is 43.0 Å². The van der Waals surface area contributed by atoms with E-state index in [-0.39, 0.29) is 0 Å². The summed E-state index contributed by atoms with van der Waals surface area (Å²) in [5, 5.41) is 3.65. The van der Waals surface area contributed by atoms with Crippen LogP contribution in [-0.2, 0) is 0 Å². The van der Waals surface area contributed by atoms with Crippen molar-refractivity contribution in [3.8, 4) is 11.5 Å². The average Bonchev–Trinajstić information content (AvgIpc) is 3.27. The van der Waals surface area contributed by atoms with Crippen LogP contribution in [-0.4, -0.2) is 20.8 Å². The van der Waals surface area contributed by atoms with Crippen LogP contribution >= 0.6 is 0 Å². The van der Waals surface area contributed by atoms with Gasteiger partial charge < -0.3 is 14.8 Å². The lowest BCUT2D eigenvalue weighted by Gasteiger charge is -2.19. The van der Waals surface area contributed by atoms with Gasteiger partial charge in [-0.2, -0.15) is 0 Å². The standard InChI is InChI=1S/C16H25NO2/c1-4-14(17-10-9-12-5-6-12)13-7-8-15(18-2)16(11-13)19-3/h7-8,11-12,14,17H,4-6,9-10H2,1-3H3. The van der Waals surface area contributed by atoms with Crippen LogP contribution in [0.5, 0.6) is 11.5 Å². The first-order chi connectivity index (χ1) is 9.28. The molecule has 0 bridgehead atoms. The first kappa shape index (κ1) is 14.2. The number of hydrogen-bond acceptors (Lipinski definition) is 3. The predicted octanol–water partition coefficient (Wildman–Crippen LogP) is 3.54. The summed E-state index contributed by atoms with van der Waals surface area (Å²) in [4.78, 5) is 0. The molecule has 1 unspecified atom stereocenters. The highest BCUT2D eigenvalue weighted by molar-refractivity contribution is 5.43. The van der Waals surface area contributed by atoms with Crippen molar-refractivity contribution < 1.29 is 9.47 Å². The van der Waals surface area contributed by atoms with Crippen molar-refractivity contribution in [2.24, 2.45) is 5.92 Å². The largest absolute Gasteiger partial charge is 0.493 e. The Hall–Kier alpha value is -1.22. The normalized spacial score (nSPS) is 16.2. The zero-order valence-electron chi connectivity index (χ0n) is 12.2. The Morgan fingerprint density at radius 2 is 1.95 bits per heavy atom. The molecule has 0 heterocycles. The molecule has 19 heavy (non-hydrogen) atoms. The topological polar surface area (TPSA) is 30.5 Å². The molecular formula is C16H25NO2. The maximum atomic E-state index is 5.37. The molecule has 106 valence electrons. The van der Waals surface area contributed by atoms with Crippen LogP contribution in [0.2, 0.25) is 0 Å². The van der Waals surface area contributed by atoms with Crippen LogP contribution in [0.4, 0.5) is 0 Å². The molecule has 3 heteroatoms. The second-order valence-corrected chi connectivity index (χ2v) is 5.26. The molecule has 3 nitrogen and oxygen atoms in total. The second-order valence-electron chi connectivity index (χ2n) is 5.26. The predicted molar refractivity (Wildman–Crippen MR) is 77.9 cm³/mol. The van der Waals surface area contributed by atoms with Crippen molar-refractivity contribution in [1.82, 2.24) is 5.32 Å². The summed E-state index contributed by atoms with van der Waals surface area (Å²) in [6, 6.07) is 6.59. The third-order valence-electron chi connectivity index (χ3n) is 3.86. The van der Waals surface area contributed by atoms with E-state index in [0.717, 1.165) is 30.4 Å². The summed E-state index contributed by atoms with van der Waals surface area (Å²) < 4.78 is 10.7. The summed E-state index contributed by atoms with van der Waals surface area (Å²) in [7, 11) is 3.35. The monoisotopic (exact) mass is 263 g/mol. The van der Waals surface area contributed by atoms with Crippen molar-refractivity contribution >= 4 is 0 Å². The molecule has 1 aliphatic carbocycles. The van der Waals surface area contributed by atoms with Gasteiger partial charge in [-0.3, -0.25) is 0 Å². The van der Waals surface area contributed by atoms with Gasteiger partial charge in [-0.25, -0.2) is 0 Å².